The zero-order valence-corrected chi connectivity index (χ0v) is 15.7. The van der Waals surface area contributed by atoms with Gasteiger partial charge in [0.25, 0.3) is 0 Å². The standard InChI is InChI=1S/C23H21N3O/c1-15-7-6-8-16(2)23(15)26-17(3)20(14-24-26)22(27)13-19-12-11-18-9-4-5-10-21(18)25-19/h4-12,14H,13H2,1-3H3. The number of Topliss-reactive ketones (excluding diaryl/α,β-unsaturated/α-hetero) is 1. The van der Waals surface area contributed by atoms with Crippen molar-refractivity contribution >= 4 is 16.7 Å². The lowest BCUT2D eigenvalue weighted by Crippen LogP contribution is -2.08. The average molecular weight is 355 g/mol. The largest absolute Gasteiger partial charge is 0.294 e. The number of pyridine rings is 1. The molecule has 0 N–H and O–H groups in total. The number of carbonyl (C=O) groups excluding carboxylic acids is 1. The lowest BCUT2D eigenvalue weighted by molar-refractivity contribution is 0.0991. The van der Waals surface area contributed by atoms with Crippen LogP contribution in [0.2, 0.25) is 0 Å². The molecule has 0 aliphatic rings. The number of rotatable bonds is 4. The van der Waals surface area contributed by atoms with Gasteiger partial charge in [-0.25, -0.2) is 4.68 Å². The zero-order chi connectivity index (χ0) is 19.0. The fourth-order valence-corrected chi connectivity index (χ4v) is 3.51. The van der Waals surface area contributed by atoms with Crippen LogP contribution in [0, 0.1) is 20.8 Å². The summed E-state index contributed by atoms with van der Waals surface area (Å²) in [5.74, 6) is 0.0350. The molecule has 4 aromatic rings. The maximum atomic E-state index is 12.9. The molecule has 0 bridgehead atoms. The van der Waals surface area contributed by atoms with Crippen LogP contribution in [0.1, 0.15) is 32.9 Å². The van der Waals surface area contributed by atoms with E-state index < -0.39 is 0 Å². The molecule has 4 heteroatoms. The first-order valence-electron chi connectivity index (χ1n) is 9.03. The second-order valence-electron chi connectivity index (χ2n) is 6.89. The highest BCUT2D eigenvalue weighted by atomic mass is 16.1. The number of hydrogen-bond acceptors (Lipinski definition) is 3. The molecule has 0 unspecified atom stereocenters. The Morgan fingerprint density at radius 2 is 1.67 bits per heavy atom. The van der Waals surface area contributed by atoms with E-state index in [4.69, 9.17) is 0 Å². The molecule has 0 atom stereocenters. The van der Waals surface area contributed by atoms with Gasteiger partial charge in [0.1, 0.15) is 0 Å². The topological polar surface area (TPSA) is 47.8 Å². The molecule has 0 amide bonds. The molecule has 0 saturated carbocycles. The molecule has 4 rings (SSSR count). The number of benzene rings is 2. The number of ketones is 1. The van der Waals surface area contributed by atoms with E-state index in [2.05, 4.69) is 36.1 Å². The van der Waals surface area contributed by atoms with E-state index in [0.717, 1.165) is 39.1 Å². The highest BCUT2D eigenvalue weighted by molar-refractivity contribution is 5.98. The van der Waals surface area contributed by atoms with E-state index in [1.54, 1.807) is 6.20 Å². The molecule has 2 heterocycles. The minimum absolute atomic E-state index is 0.0350. The molecular weight excluding hydrogens is 334 g/mol. The van der Waals surface area contributed by atoms with Crippen LogP contribution in [0.15, 0.2) is 60.8 Å². The van der Waals surface area contributed by atoms with Crippen molar-refractivity contribution in [2.75, 3.05) is 0 Å². The fourth-order valence-electron chi connectivity index (χ4n) is 3.51. The van der Waals surface area contributed by atoms with Crippen molar-refractivity contribution in [3.05, 3.63) is 88.9 Å². The fraction of sp³-hybridized carbons (Fsp3) is 0.174. The van der Waals surface area contributed by atoms with Crippen LogP contribution in [0.3, 0.4) is 0 Å². The third kappa shape index (κ3) is 3.14. The molecule has 0 radical (unpaired) electrons. The summed E-state index contributed by atoms with van der Waals surface area (Å²) in [7, 11) is 0. The lowest BCUT2D eigenvalue weighted by atomic mass is 10.1. The zero-order valence-electron chi connectivity index (χ0n) is 15.7. The quantitative estimate of drug-likeness (QED) is 0.495. The second-order valence-corrected chi connectivity index (χ2v) is 6.89. The van der Waals surface area contributed by atoms with Gasteiger partial charge >= 0.3 is 0 Å². The van der Waals surface area contributed by atoms with Gasteiger partial charge in [-0.05, 0) is 44.0 Å². The SMILES string of the molecule is Cc1cccc(C)c1-n1ncc(C(=O)Cc2ccc3ccccc3n2)c1C. The Hall–Kier alpha value is -3.27. The summed E-state index contributed by atoms with van der Waals surface area (Å²) in [5.41, 5.74) is 6.50. The first kappa shape index (κ1) is 17.2. The highest BCUT2D eigenvalue weighted by Crippen LogP contribution is 2.22. The van der Waals surface area contributed by atoms with Gasteiger partial charge < -0.3 is 0 Å². The number of aryl methyl sites for hydroxylation is 2. The first-order valence-corrected chi connectivity index (χ1v) is 9.03. The molecule has 134 valence electrons. The molecule has 27 heavy (non-hydrogen) atoms. The summed E-state index contributed by atoms with van der Waals surface area (Å²) in [4.78, 5) is 17.5. The molecule has 0 aliphatic heterocycles. The van der Waals surface area contributed by atoms with Gasteiger partial charge in [-0.1, -0.05) is 42.5 Å². The molecular formula is C23H21N3O. The Morgan fingerprint density at radius 1 is 0.926 bits per heavy atom. The van der Waals surface area contributed by atoms with Crippen LogP contribution in [-0.2, 0) is 6.42 Å². The molecule has 0 saturated heterocycles. The van der Waals surface area contributed by atoms with Crippen molar-refractivity contribution < 1.29 is 4.79 Å². The third-order valence-electron chi connectivity index (χ3n) is 4.96. The molecule has 2 aromatic heterocycles. The predicted octanol–water partition coefficient (Wildman–Crippen LogP) is 4.77. The molecule has 0 aliphatic carbocycles. The van der Waals surface area contributed by atoms with Crippen molar-refractivity contribution in [3.63, 3.8) is 0 Å². The van der Waals surface area contributed by atoms with Crippen LogP contribution in [0.4, 0.5) is 0 Å². The third-order valence-corrected chi connectivity index (χ3v) is 4.96. The van der Waals surface area contributed by atoms with Crippen LogP contribution in [0.25, 0.3) is 16.6 Å². The van der Waals surface area contributed by atoms with Gasteiger partial charge in [0.15, 0.2) is 5.78 Å². The molecule has 0 spiro atoms. The van der Waals surface area contributed by atoms with Gasteiger partial charge in [-0.2, -0.15) is 5.10 Å². The van der Waals surface area contributed by atoms with Gasteiger partial charge in [0.2, 0.25) is 0 Å². The van der Waals surface area contributed by atoms with Crippen LogP contribution in [0.5, 0.6) is 0 Å². The summed E-state index contributed by atoms with van der Waals surface area (Å²) in [5, 5.41) is 5.57. The van der Waals surface area contributed by atoms with E-state index in [1.165, 1.54) is 0 Å². The number of aromatic nitrogens is 3. The Morgan fingerprint density at radius 3 is 2.44 bits per heavy atom. The van der Waals surface area contributed by atoms with Gasteiger partial charge in [0.05, 0.1) is 35.1 Å². The van der Waals surface area contributed by atoms with Gasteiger partial charge in [0, 0.05) is 11.1 Å². The van der Waals surface area contributed by atoms with Crippen molar-refractivity contribution in [1.29, 1.82) is 0 Å². The van der Waals surface area contributed by atoms with Crippen LogP contribution < -0.4 is 0 Å². The molecule has 2 aromatic carbocycles. The Labute approximate surface area is 158 Å². The average Bonchev–Trinajstić information content (AvgIpc) is 3.03. The van der Waals surface area contributed by atoms with E-state index >= 15 is 0 Å². The Balaban J connectivity index is 1.65. The summed E-state index contributed by atoms with van der Waals surface area (Å²) in [6.07, 6.45) is 1.94. The minimum atomic E-state index is 0.0350. The summed E-state index contributed by atoms with van der Waals surface area (Å²) in [6, 6.07) is 18.0. The maximum absolute atomic E-state index is 12.9. The number of carbonyl (C=O) groups is 1. The van der Waals surface area contributed by atoms with Crippen molar-refractivity contribution in [3.8, 4) is 5.69 Å². The van der Waals surface area contributed by atoms with E-state index in [-0.39, 0.29) is 12.2 Å². The summed E-state index contributed by atoms with van der Waals surface area (Å²) in [6.45, 7) is 6.06. The van der Waals surface area contributed by atoms with E-state index in [1.807, 2.05) is 54.1 Å². The molecule has 4 nitrogen and oxygen atoms in total. The van der Waals surface area contributed by atoms with E-state index in [9.17, 15) is 4.79 Å². The van der Waals surface area contributed by atoms with Crippen molar-refractivity contribution in [1.82, 2.24) is 14.8 Å². The number of nitrogens with zero attached hydrogens (tertiary/aromatic N) is 3. The van der Waals surface area contributed by atoms with Crippen LogP contribution >= 0.6 is 0 Å². The number of hydrogen-bond donors (Lipinski definition) is 0. The minimum Gasteiger partial charge on any atom is -0.294 e. The summed E-state index contributed by atoms with van der Waals surface area (Å²) >= 11 is 0. The normalized spacial score (nSPS) is 11.1. The summed E-state index contributed by atoms with van der Waals surface area (Å²) < 4.78 is 1.87. The van der Waals surface area contributed by atoms with Crippen molar-refractivity contribution in [2.24, 2.45) is 0 Å². The second kappa shape index (κ2) is 6.80. The number of fused-ring (bicyclic) bond motifs is 1. The highest BCUT2D eigenvalue weighted by Gasteiger charge is 2.18. The van der Waals surface area contributed by atoms with Crippen LogP contribution in [-0.4, -0.2) is 20.5 Å². The van der Waals surface area contributed by atoms with Gasteiger partial charge in [-0.15, -0.1) is 0 Å². The van der Waals surface area contributed by atoms with E-state index in [0.29, 0.717) is 5.56 Å². The lowest BCUT2D eigenvalue weighted by Gasteiger charge is -2.12. The smallest absolute Gasteiger partial charge is 0.172 e. The Kier molecular flexibility index (Phi) is 4.32. The number of para-hydroxylation sites is 2. The maximum Gasteiger partial charge on any atom is 0.172 e. The van der Waals surface area contributed by atoms with Crippen molar-refractivity contribution in [2.45, 2.75) is 27.2 Å². The monoisotopic (exact) mass is 355 g/mol. The molecule has 0 fully saturated rings. The van der Waals surface area contributed by atoms with Gasteiger partial charge in [-0.3, -0.25) is 9.78 Å². The Bertz CT molecular complexity index is 1140. The first-order chi connectivity index (χ1) is 13.0. The predicted molar refractivity (Wildman–Crippen MR) is 108 cm³/mol.